The van der Waals surface area contributed by atoms with Gasteiger partial charge in [0.15, 0.2) is 12.6 Å². The first-order valence-corrected chi connectivity index (χ1v) is 8.09. The van der Waals surface area contributed by atoms with Crippen LogP contribution in [0.15, 0.2) is 24.3 Å². The Hall–Kier alpha value is -1.63. The third kappa shape index (κ3) is 5.20. The number of rotatable bonds is 5. The topological polar surface area (TPSA) is 63.1 Å². The predicted octanol–water partition coefficient (Wildman–Crippen LogP) is 0.0405. The van der Waals surface area contributed by atoms with Crippen molar-refractivity contribution in [3.63, 3.8) is 0 Å². The highest BCUT2D eigenvalue weighted by Crippen LogP contribution is 2.13. The fourth-order valence-corrected chi connectivity index (χ4v) is 2.45. The number of carbonyl (C=O) groups excluding carboxylic acids is 2. The Morgan fingerprint density at radius 3 is 2.52 bits per heavy atom. The Labute approximate surface area is 141 Å². The molecule has 23 heavy (non-hydrogen) atoms. The third-order valence-corrected chi connectivity index (χ3v) is 4.29. The second-order valence-corrected chi connectivity index (χ2v) is 6.17. The number of hydrogen-bond donors (Lipinski definition) is 2. The first kappa shape index (κ1) is 17.7. The molecule has 1 aliphatic heterocycles. The average Bonchev–Trinajstić information content (AvgIpc) is 2.56. The molecule has 2 rings (SSSR count). The number of benzene rings is 1. The number of nitrogens with one attached hydrogen (secondary N) is 2. The summed E-state index contributed by atoms with van der Waals surface area (Å²) in [6.45, 7) is 4.51. The van der Waals surface area contributed by atoms with E-state index in [2.05, 4.69) is 5.32 Å². The minimum Gasteiger partial charge on any atom is -0.378 e. The number of quaternary nitrogens is 1. The number of amides is 2. The van der Waals surface area contributed by atoms with Crippen molar-refractivity contribution in [3.8, 4) is 0 Å². The number of likely N-dealkylation sites (N-methyl/N-ethyl adjacent to an activating group) is 1. The van der Waals surface area contributed by atoms with E-state index in [9.17, 15) is 9.59 Å². The summed E-state index contributed by atoms with van der Waals surface area (Å²) in [5, 5.41) is 3.46. The molecule has 1 aromatic rings. The van der Waals surface area contributed by atoms with Crippen LogP contribution in [0.2, 0.25) is 5.02 Å². The molecule has 126 valence electrons. The van der Waals surface area contributed by atoms with Crippen LogP contribution in [0, 0.1) is 0 Å². The number of carbonyl (C=O) groups is 2. The number of hydrogen-bond acceptors (Lipinski definition) is 3. The molecule has 0 radical (unpaired) electrons. The van der Waals surface area contributed by atoms with Crippen LogP contribution < -0.4 is 10.2 Å². The van der Waals surface area contributed by atoms with Gasteiger partial charge in [0.25, 0.3) is 11.8 Å². The predicted molar refractivity (Wildman–Crippen MR) is 88.7 cm³/mol. The van der Waals surface area contributed by atoms with Gasteiger partial charge < -0.3 is 19.9 Å². The molecular weight excluding hydrogens is 318 g/mol. The van der Waals surface area contributed by atoms with Gasteiger partial charge in [-0.3, -0.25) is 9.59 Å². The van der Waals surface area contributed by atoms with Gasteiger partial charge in [-0.1, -0.05) is 11.6 Å². The average molecular weight is 341 g/mol. The van der Waals surface area contributed by atoms with Crippen LogP contribution >= 0.6 is 11.6 Å². The zero-order chi connectivity index (χ0) is 16.8. The van der Waals surface area contributed by atoms with Gasteiger partial charge >= 0.3 is 0 Å². The molecule has 1 aromatic carbocycles. The number of nitrogens with zero attached hydrogens (tertiary/aromatic N) is 1. The van der Waals surface area contributed by atoms with Gasteiger partial charge in [-0.15, -0.1) is 0 Å². The lowest BCUT2D eigenvalue weighted by Crippen LogP contribution is -3.15. The molecule has 0 saturated carbocycles. The molecule has 1 heterocycles. The highest BCUT2D eigenvalue weighted by molar-refractivity contribution is 6.30. The lowest BCUT2D eigenvalue weighted by atomic mass is 10.2. The summed E-state index contributed by atoms with van der Waals surface area (Å²) < 4.78 is 5.24. The molecule has 0 spiro atoms. The Kier molecular flexibility index (Phi) is 6.38. The van der Waals surface area contributed by atoms with Gasteiger partial charge in [0, 0.05) is 23.8 Å². The highest BCUT2D eigenvalue weighted by atomic mass is 35.5. The van der Waals surface area contributed by atoms with Gasteiger partial charge in [-0.05, 0) is 31.2 Å². The van der Waals surface area contributed by atoms with E-state index in [-0.39, 0.29) is 24.4 Å². The number of halogens is 1. The Balaban J connectivity index is 1.85. The summed E-state index contributed by atoms with van der Waals surface area (Å²) >= 11 is 5.82. The van der Waals surface area contributed by atoms with E-state index in [1.54, 1.807) is 29.2 Å². The monoisotopic (exact) mass is 340 g/mol. The van der Waals surface area contributed by atoms with Gasteiger partial charge in [0.2, 0.25) is 0 Å². The maximum absolute atomic E-state index is 12.3. The highest BCUT2D eigenvalue weighted by Gasteiger charge is 2.26. The van der Waals surface area contributed by atoms with E-state index in [4.69, 9.17) is 16.3 Å². The molecule has 6 nitrogen and oxygen atoms in total. The summed E-state index contributed by atoms with van der Waals surface area (Å²) in [5.41, 5.74) is 0.693. The largest absolute Gasteiger partial charge is 0.378 e. The number of anilines is 1. The van der Waals surface area contributed by atoms with E-state index in [1.165, 1.54) is 0 Å². The van der Waals surface area contributed by atoms with E-state index in [0.29, 0.717) is 37.0 Å². The fourth-order valence-electron chi connectivity index (χ4n) is 2.32. The summed E-state index contributed by atoms with van der Waals surface area (Å²) in [6, 6.07) is 6.61. The quantitative estimate of drug-likeness (QED) is 0.795. The summed E-state index contributed by atoms with van der Waals surface area (Å²) in [7, 11) is 1.85. The minimum atomic E-state index is -0.337. The number of morpholine rings is 1. The van der Waals surface area contributed by atoms with Gasteiger partial charge in [0.1, 0.15) is 0 Å². The van der Waals surface area contributed by atoms with Crippen LogP contribution in [-0.4, -0.2) is 62.7 Å². The maximum atomic E-state index is 12.3. The molecule has 1 aliphatic rings. The van der Waals surface area contributed by atoms with E-state index in [1.807, 2.05) is 14.0 Å². The van der Waals surface area contributed by atoms with Gasteiger partial charge in [0.05, 0.1) is 20.3 Å². The van der Waals surface area contributed by atoms with Crippen molar-refractivity contribution in [2.45, 2.75) is 13.0 Å². The van der Waals surface area contributed by atoms with Crippen LogP contribution in [0.5, 0.6) is 0 Å². The van der Waals surface area contributed by atoms with Crippen molar-refractivity contribution in [3.05, 3.63) is 29.3 Å². The zero-order valence-corrected chi connectivity index (χ0v) is 14.2. The van der Waals surface area contributed by atoms with Crippen molar-refractivity contribution in [2.24, 2.45) is 0 Å². The normalized spacial score (nSPS) is 17.4. The Morgan fingerprint density at radius 1 is 1.30 bits per heavy atom. The van der Waals surface area contributed by atoms with Crippen molar-refractivity contribution in [1.82, 2.24) is 4.90 Å². The molecular formula is C16H23ClN3O3+. The minimum absolute atomic E-state index is 0.0527. The molecule has 0 bridgehead atoms. The molecule has 2 atom stereocenters. The van der Waals surface area contributed by atoms with Crippen molar-refractivity contribution in [2.75, 3.05) is 45.2 Å². The van der Waals surface area contributed by atoms with Crippen molar-refractivity contribution < 1.29 is 19.2 Å². The van der Waals surface area contributed by atoms with E-state index in [0.717, 1.165) is 4.90 Å². The van der Waals surface area contributed by atoms with Crippen molar-refractivity contribution >= 4 is 29.1 Å². The zero-order valence-electron chi connectivity index (χ0n) is 13.5. The summed E-state index contributed by atoms with van der Waals surface area (Å²) in [5.74, 6) is -0.0726. The lowest BCUT2D eigenvalue weighted by molar-refractivity contribution is -0.886. The van der Waals surface area contributed by atoms with Crippen LogP contribution in [0.3, 0.4) is 0 Å². The summed E-state index contributed by atoms with van der Waals surface area (Å²) in [4.78, 5) is 27.2. The van der Waals surface area contributed by atoms with Crippen LogP contribution in [0.1, 0.15) is 6.92 Å². The van der Waals surface area contributed by atoms with Crippen molar-refractivity contribution in [1.29, 1.82) is 0 Å². The molecule has 7 heteroatoms. The summed E-state index contributed by atoms with van der Waals surface area (Å²) in [6.07, 6.45) is 0. The second-order valence-electron chi connectivity index (χ2n) is 5.73. The van der Waals surface area contributed by atoms with Crippen LogP contribution in [-0.2, 0) is 14.3 Å². The van der Waals surface area contributed by atoms with Crippen LogP contribution in [0.25, 0.3) is 0 Å². The number of ether oxygens (including phenoxy) is 1. The molecule has 2 N–H and O–H groups in total. The lowest BCUT2D eigenvalue weighted by Gasteiger charge is -2.28. The molecule has 1 fully saturated rings. The van der Waals surface area contributed by atoms with Gasteiger partial charge in [-0.2, -0.15) is 0 Å². The molecule has 1 saturated heterocycles. The Bertz CT molecular complexity index is 544. The van der Waals surface area contributed by atoms with Gasteiger partial charge in [-0.25, -0.2) is 0 Å². The Morgan fingerprint density at radius 2 is 1.91 bits per heavy atom. The van der Waals surface area contributed by atoms with Crippen LogP contribution in [0.4, 0.5) is 5.69 Å². The third-order valence-electron chi connectivity index (χ3n) is 4.04. The fraction of sp³-hybridized carbons (Fsp3) is 0.500. The van der Waals surface area contributed by atoms with E-state index < -0.39 is 0 Å². The SMILES string of the molecule is C[C@H](C(=O)Nc1ccc(Cl)cc1)[NH+](C)CC(=O)N1CCOCC1. The van der Waals surface area contributed by atoms with E-state index >= 15 is 0 Å². The smallest absolute Gasteiger partial charge is 0.282 e. The molecule has 2 amide bonds. The first-order chi connectivity index (χ1) is 11.0. The molecule has 1 unspecified atom stereocenters. The first-order valence-electron chi connectivity index (χ1n) is 7.71. The standard InChI is InChI=1S/C16H22ClN3O3/c1-12(16(22)18-14-5-3-13(17)4-6-14)19(2)11-15(21)20-7-9-23-10-8-20/h3-6,12H,7-11H2,1-2H3,(H,18,22)/p+1/t12-/m1/s1. The molecule has 0 aliphatic carbocycles. The molecule has 0 aromatic heterocycles. The maximum Gasteiger partial charge on any atom is 0.282 e. The second kappa shape index (κ2) is 8.29.